The first-order chi connectivity index (χ1) is 16.8. The molecule has 0 saturated carbocycles. The first kappa shape index (κ1) is 24.5. The van der Waals surface area contributed by atoms with E-state index >= 15 is 0 Å². The number of benzene rings is 3. The lowest BCUT2D eigenvalue weighted by Gasteiger charge is -2.13. The maximum absolute atomic E-state index is 12.8. The number of nitrogens with zero attached hydrogens (tertiary/aromatic N) is 3. The van der Waals surface area contributed by atoms with Gasteiger partial charge in [-0.25, -0.2) is 0 Å². The third-order valence-electron chi connectivity index (χ3n) is 5.18. The molecule has 4 rings (SSSR count). The molecule has 1 N–H and O–H groups in total. The lowest BCUT2D eigenvalue weighted by Crippen LogP contribution is -2.32. The highest BCUT2D eigenvalue weighted by Crippen LogP contribution is 2.35. The molecular formula is C26H22ClN3O4S. The van der Waals surface area contributed by atoms with E-state index < -0.39 is 5.91 Å². The Bertz CT molecular complexity index is 1360. The van der Waals surface area contributed by atoms with E-state index in [1.54, 1.807) is 24.3 Å². The van der Waals surface area contributed by atoms with Gasteiger partial charge >= 0.3 is 0 Å². The fraction of sp³-hybridized carbons (Fsp3) is 0.154. The molecule has 0 atom stereocenters. The normalized spacial score (nSPS) is 14.9. The van der Waals surface area contributed by atoms with Crippen LogP contribution in [0.3, 0.4) is 0 Å². The van der Waals surface area contributed by atoms with Crippen molar-refractivity contribution in [2.75, 3.05) is 13.2 Å². The SMILES string of the molecule is Cc1cccc(OCCN2C(=O)S/C(=C\c3cc(N=Nc4ccc(C)c(Cl)c4)ccc3O)C2=O)c1. The van der Waals surface area contributed by atoms with E-state index in [1.165, 1.54) is 12.1 Å². The van der Waals surface area contributed by atoms with E-state index in [0.717, 1.165) is 27.8 Å². The van der Waals surface area contributed by atoms with Gasteiger partial charge < -0.3 is 9.84 Å². The van der Waals surface area contributed by atoms with Gasteiger partial charge in [0.2, 0.25) is 0 Å². The molecule has 1 saturated heterocycles. The van der Waals surface area contributed by atoms with Gasteiger partial charge in [-0.3, -0.25) is 14.5 Å². The van der Waals surface area contributed by atoms with E-state index in [4.69, 9.17) is 16.3 Å². The third-order valence-corrected chi connectivity index (χ3v) is 6.50. The van der Waals surface area contributed by atoms with Crippen LogP contribution in [0.1, 0.15) is 16.7 Å². The van der Waals surface area contributed by atoms with Gasteiger partial charge in [0.25, 0.3) is 11.1 Å². The molecule has 178 valence electrons. The summed E-state index contributed by atoms with van der Waals surface area (Å²) in [5.74, 6) is 0.196. The molecule has 3 aromatic rings. The van der Waals surface area contributed by atoms with E-state index in [0.29, 0.717) is 27.7 Å². The minimum Gasteiger partial charge on any atom is -0.507 e. The monoisotopic (exact) mass is 507 g/mol. The number of phenols is 1. The molecule has 0 aromatic heterocycles. The van der Waals surface area contributed by atoms with Crippen molar-refractivity contribution in [3.63, 3.8) is 0 Å². The van der Waals surface area contributed by atoms with Crippen molar-refractivity contribution < 1.29 is 19.4 Å². The molecule has 7 nitrogen and oxygen atoms in total. The van der Waals surface area contributed by atoms with Crippen LogP contribution < -0.4 is 4.74 Å². The van der Waals surface area contributed by atoms with Gasteiger partial charge in [-0.05, 0) is 85.3 Å². The Morgan fingerprint density at radius 1 is 1.03 bits per heavy atom. The number of rotatable bonds is 7. The van der Waals surface area contributed by atoms with E-state index in [9.17, 15) is 14.7 Å². The Hall–Kier alpha value is -3.62. The summed E-state index contributed by atoms with van der Waals surface area (Å²) in [6, 6.07) is 17.5. The first-order valence-electron chi connectivity index (χ1n) is 10.8. The number of hydrogen-bond acceptors (Lipinski definition) is 7. The summed E-state index contributed by atoms with van der Waals surface area (Å²) in [4.78, 5) is 26.6. The van der Waals surface area contributed by atoms with Crippen molar-refractivity contribution >= 4 is 52.0 Å². The van der Waals surface area contributed by atoms with Crippen LogP contribution in [0.5, 0.6) is 11.5 Å². The fourth-order valence-electron chi connectivity index (χ4n) is 3.27. The van der Waals surface area contributed by atoms with Crippen LogP contribution in [-0.4, -0.2) is 34.3 Å². The highest BCUT2D eigenvalue weighted by atomic mass is 35.5. The van der Waals surface area contributed by atoms with Gasteiger partial charge in [0.05, 0.1) is 22.8 Å². The van der Waals surface area contributed by atoms with Crippen molar-refractivity contribution in [2.24, 2.45) is 10.2 Å². The Labute approximate surface area is 212 Å². The summed E-state index contributed by atoms with van der Waals surface area (Å²) >= 11 is 6.94. The molecule has 35 heavy (non-hydrogen) atoms. The van der Waals surface area contributed by atoms with E-state index in [1.807, 2.05) is 44.2 Å². The summed E-state index contributed by atoms with van der Waals surface area (Å²) in [5.41, 5.74) is 3.40. The quantitative estimate of drug-likeness (QED) is 0.270. The lowest BCUT2D eigenvalue weighted by atomic mass is 10.1. The molecule has 3 aromatic carbocycles. The topological polar surface area (TPSA) is 91.6 Å². The number of amides is 2. The molecule has 2 amide bonds. The second-order valence-electron chi connectivity index (χ2n) is 7.87. The van der Waals surface area contributed by atoms with Gasteiger partial charge in [0.1, 0.15) is 18.1 Å². The minimum absolute atomic E-state index is 0.0445. The third kappa shape index (κ3) is 6.09. The van der Waals surface area contributed by atoms with E-state index in [-0.39, 0.29) is 29.0 Å². The predicted molar refractivity (Wildman–Crippen MR) is 138 cm³/mol. The number of azo groups is 1. The molecule has 1 aliphatic rings. The van der Waals surface area contributed by atoms with Crippen LogP contribution in [0.4, 0.5) is 16.2 Å². The fourth-order valence-corrected chi connectivity index (χ4v) is 4.30. The molecule has 0 bridgehead atoms. The highest BCUT2D eigenvalue weighted by molar-refractivity contribution is 8.18. The second kappa shape index (κ2) is 10.8. The molecule has 1 aliphatic heterocycles. The number of phenolic OH excluding ortho intramolecular Hbond substituents is 1. The van der Waals surface area contributed by atoms with Crippen molar-refractivity contribution in [2.45, 2.75) is 13.8 Å². The summed E-state index contributed by atoms with van der Waals surface area (Å²) in [6.07, 6.45) is 1.48. The van der Waals surface area contributed by atoms with Crippen molar-refractivity contribution in [1.82, 2.24) is 4.90 Å². The minimum atomic E-state index is -0.437. The van der Waals surface area contributed by atoms with Crippen molar-refractivity contribution in [3.05, 3.63) is 87.3 Å². The Morgan fingerprint density at radius 2 is 1.77 bits per heavy atom. The molecule has 0 radical (unpaired) electrons. The van der Waals surface area contributed by atoms with Gasteiger partial charge in [0.15, 0.2) is 0 Å². The molecule has 0 spiro atoms. The number of carbonyl (C=O) groups excluding carboxylic acids is 2. The van der Waals surface area contributed by atoms with Gasteiger partial charge in [-0.1, -0.05) is 29.8 Å². The van der Waals surface area contributed by atoms with E-state index in [2.05, 4.69) is 10.2 Å². The van der Waals surface area contributed by atoms with Gasteiger partial charge in [-0.2, -0.15) is 10.2 Å². The van der Waals surface area contributed by atoms with Crippen LogP contribution in [0, 0.1) is 13.8 Å². The molecule has 9 heteroatoms. The second-order valence-corrected chi connectivity index (χ2v) is 9.28. The number of aromatic hydroxyl groups is 1. The van der Waals surface area contributed by atoms with Crippen molar-refractivity contribution in [1.29, 1.82) is 0 Å². The summed E-state index contributed by atoms with van der Waals surface area (Å²) in [5, 5.41) is 18.8. The first-order valence-corrected chi connectivity index (χ1v) is 12.0. The predicted octanol–water partition coefficient (Wildman–Crippen LogP) is 7.19. The zero-order valence-electron chi connectivity index (χ0n) is 19.1. The highest BCUT2D eigenvalue weighted by Gasteiger charge is 2.35. The van der Waals surface area contributed by atoms with Gasteiger partial charge in [0, 0.05) is 10.6 Å². The van der Waals surface area contributed by atoms with Crippen LogP contribution in [-0.2, 0) is 4.79 Å². The average molecular weight is 508 g/mol. The molecular weight excluding hydrogens is 486 g/mol. The van der Waals surface area contributed by atoms with Crippen LogP contribution in [0.2, 0.25) is 5.02 Å². The van der Waals surface area contributed by atoms with Crippen LogP contribution in [0.25, 0.3) is 6.08 Å². The molecule has 1 fully saturated rings. The standard InChI is InChI=1S/C26H22ClN3O4S/c1-16-4-3-5-21(12-16)34-11-10-30-25(32)24(35-26(30)33)14-18-13-19(8-9-23(18)31)28-29-20-7-6-17(2)22(27)15-20/h3-9,12-15,31H,10-11H2,1-2H3/b24-14-,29-28?. The lowest BCUT2D eigenvalue weighted by molar-refractivity contribution is -0.123. The number of thioether (sulfide) groups is 1. The van der Waals surface area contributed by atoms with Crippen LogP contribution >= 0.6 is 23.4 Å². The van der Waals surface area contributed by atoms with Crippen molar-refractivity contribution in [3.8, 4) is 11.5 Å². The number of carbonyl (C=O) groups is 2. The van der Waals surface area contributed by atoms with Crippen LogP contribution in [0.15, 0.2) is 75.8 Å². The number of aryl methyl sites for hydroxylation is 2. The number of ether oxygens (including phenoxy) is 1. The zero-order valence-corrected chi connectivity index (χ0v) is 20.6. The Morgan fingerprint density at radius 3 is 2.51 bits per heavy atom. The summed E-state index contributed by atoms with van der Waals surface area (Å²) in [7, 11) is 0. The molecule has 0 aliphatic carbocycles. The van der Waals surface area contributed by atoms with Gasteiger partial charge in [-0.15, -0.1) is 0 Å². The number of halogens is 1. The zero-order chi connectivity index (χ0) is 24.9. The number of hydrogen-bond donors (Lipinski definition) is 1. The molecule has 0 unspecified atom stereocenters. The smallest absolute Gasteiger partial charge is 0.293 e. The average Bonchev–Trinajstić information content (AvgIpc) is 3.09. The molecule has 1 heterocycles. The summed E-state index contributed by atoms with van der Waals surface area (Å²) < 4.78 is 5.67. The largest absolute Gasteiger partial charge is 0.507 e. The Balaban J connectivity index is 1.45. The summed E-state index contributed by atoms with van der Waals surface area (Å²) in [6.45, 7) is 4.15. The maximum Gasteiger partial charge on any atom is 0.293 e. The number of imide groups is 1. The maximum atomic E-state index is 12.8. The Kier molecular flexibility index (Phi) is 7.53.